The molecule has 5 nitrogen and oxygen atoms in total. The zero-order valence-electron chi connectivity index (χ0n) is 12.8. The number of aliphatic carboxylic acids is 1. The smallest absolute Gasteiger partial charge is 0.307 e. The Hall–Kier alpha value is -1.43. The van der Waals surface area contributed by atoms with E-state index >= 15 is 0 Å². The van der Waals surface area contributed by atoms with Crippen molar-refractivity contribution in [2.24, 2.45) is 11.8 Å². The van der Waals surface area contributed by atoms with Crippen molar-refractivity contribution in [2.75, 3.05) is 13.1 Å². The Labute approximate surface area is 134 Å². The number of hydrogen-bond acceptors (Lipinski definition) is 4. The topological polar surface area (TPSA) is 70.5 Å². The second-order valence-corrected chi connectivity index (χ2v) is 7.17. The number of carbonyl (C=O) groups is 2. The molecule has 1 aromatic heterocycles. The average Bonchev–Trinajstić information content (AvgIpc) is 2.94. The summed E-state index contributed by atoms with van der Waals surface area (Å²) in [4.78, 5) is 30.2. The van der Waals surface area contributed by atoms with Crippen molar-refractivity contribution in [1.29, 1.82) is 0 Å². The molecule has 2 heterocycles. The van der Waals surface area contributed by atoms with E-state index in [1.807, 2.05) is 4.90 Å². The molecule has 1 amide bonds. The number of hydrogen-bond donors (Lipinski definition) is 1. The molecule has 3 unspecified atom stereocenters. The van der Waals surface area contributed by atoms with Crippen LogP contribution < -0.4 is 0 Å². The second kappa shape index (κ2) is 6.36. The van der Waals surface area contributed by atoms with Gasteiger partial charge in [0.15, 0.2) is 0 Å². The molecule has 0 bridgehead atoms. The number of carbonyl (C=O) groups excluding carboxylic acids is 1. The van der Waals surface area contributed by atoms with Crippen LogP contribution in [0.3, 0.4) is 0 Å². The maximum Gasteiger partial charge on any atom is 0.307 e. The maximum absolute atomic E-state index is 12.6. The summed E-state index contributed by atoms with van der Waals surface area (Å²) >= 11 is 1.68. The molecule has 1 aliphatic heterocycles. The van der Waals surface area contributed by atoms with Gasteiger partial charge in [0.2, 0.25) is 5.91 Å². The number of aromatic nitrogens is 1. The molecule has 1 saturated heterocycles. The number of thiazole rings is 1. The Bertz CT molecular complexity index is 571. The van der Waals surface area contributed by atoms with Gasteiger partial charge in [0, 0.05) is 24.4 Å². The number of carboxylic acid groups (broad SMARTS) is 1. The van der Waals surface area contributed by atoms with Crippen molar-refractivity contribution >= 4 is 23.2 Å². The minimum atomic E-state index is -0.828. The highest BCUT2D eigenvalue weighted by Crippen LogP contribution is 2.38. The lowest BCUT2D eigenvalue weighted by molar-refractivity contribution is -0.157. The summed E-state index contributed by atoms with van der Waals surface area (Å²) in [5, 5.41) is 12.4. The number of amides is 1. The van der Waals surface area contributed by atoms with Gasteiger partial charge in [-0.25, -0.2) is 4.98 Å². The SMILES string of the molecule is CCc1csc(C2CCCN(C(=O)C3CCC3C(=O)O)C2)n1. The Morgan fingerprint density at radius 1 is 1.36 bits per heavy atom. The Balaban J connectivity index is 1.65. The third-order valence-corrected chi connectivity index (χ3v) is 5.98. The largest absolute Gasteiger partial charge is 0.481 e. The highest BCUT2D eigenvalue weighted by Gasteiger charge is 2.44. The van der Waals surface area contributed by atoms with Crippen LogP contribution in [0.2, 0.25) is 0 Å². The molecule has 1 aliphatic carbocycles. The standard InChI is InChI=1S/C16H22N2O3S/c1-2-11-9-22-14(17-11)10-4-3-7-18(8-10)15(19)12-5-6-13(12)16(20)21/h9-10,12-13H,2-8H2,1H3,(H,20,21). The first-order valence-corrected chi connectivity index (χ1v) is 8.94. The van der Waals surface area contributed by atoms with Crippen LogP contribution in [-0.2, 0) is 16.0 Å². The minimum absolute atomic E-state index is 0.0376. The molecular weight excluding hydrogens is 300 g/mol. The summed E-state index contributed by atoms with van der Waals surface area (Å²) in [6, 6.07) is 0. The van der Waals surface area contributed by atoms with E-state index in [9.17, 15) is 9.59 Å². The third kappa shape index (κ3) is 2.89. The summed E-state index contributed by atoms with van der Waals surface area (Å²) in [5.74, 6) is -1.26. The van der Waals surface area contributed by atoms with Crippen molar-refractivity contribution in [3.63, 3.8) is 0 Å². The van der Waals surface area contributed by atoms with Gasteiger partial charge in [-0.05, 0) is 32.1 Å². The molecule has 3 rings (SSSR count). The van der Waals surface area contributed by atoms with Gasteiger partial charge in [0.05, 0.1) is 22.5 Å². The number of piperidine rings is 1. The predicted octanol–water partition coefficient (Wildman–Crippen LogP) is 2.52. The van der Waals surface area contributed by atoms with Crippen molar-refractivity contribution < 1.29 is 14.7 Å². The van der Waals surface area contributed by atoms with Crippen LogP contribution in [-0.4, -0.2) is 40.0 Å². The number of likely N-dealkylation sites (tertiary alicyclic amines) is 1. The van der Waals surface area contributed by atoms with Crippen LogP contribution in [0.25, 0.3) is 0 Å². The quantitative estimate of drug-likeness (QED) is 0.924. The lowest BCUT2D eigenvalue weighted by Gasteiger charge is -2.39. The monoisotopic (exact) mass is 322 g/mol. The fraction of sp³-hybridized carbons (Fsp3) is 0.688. The normalized spacial score (nSPS) is 28.2. The molecule has 1 aromatic rings. The van der Waals surface area contributed by atoms with Crippen LogP contribution >= 0.6 is 11.3 Å². The van der Waals surface area contributed by atoms with Gasteiger partial charge in [-0.1, -0.05) is 6.92 Å². The van der Waals surface area contributed by atoms with E-state index in [0.717, 1.165) is 36.5 Å². The van der Waals surface area contributed by atoms with E-state index in [-0.39, 0.29) is 11.8 Å². The molecule has 120 valence electrons. The van der Waals surface area contributed by atoms with Gasteiger partial charge < -0.3 is 10.0 Å². The number of aryl methyl sites for hydroxylation is 1. The van der Waals surface area contributed by atoms with E-state index in [2.05, 4.69) is 17.3 Å². The fourth-order valence-electron chi connectivity index (χ4n) is 3.38. The Morgan fingerprint density at radius 3 is 2.73 bits per heavy atom. The van der Waals surface area contributed by atoms with Crippen LogP contribution in [0.5, 0.6) is 0 Å². The first-order valence-electron chi connectivity index (χ1n) is 8.06. The lowest BCUT2D eigenvalue weighted by Crippen LogP contribution is -2.48. The van der Waals surface area contributed by atoms with Crippen LogP contribution in [0.1, 0.15) is 49.2 Å². The number of rotatable bonds is 4. The number of nitrogens with zero attached hydrogens (tertiary/aromatic N) is 2. The molecule has 0 radical (unpaired) electrons. The molecule has 2 fully saturated rings. The van der Waals surface area contributed by atoms with Crippen molar-refractivity contribution in [3.05, 3.63) is 16.1 Å². The summed E-state index contributed by atoms with van der Waals surface area (Å²) < 4.78 is 0. The zero-order valence-corrected chi connectivity index (χ0v) is 13.6. The van der Waals surface area contributed by atoms with E-state index in [4.69, 9.17) is 5.11 Å². The van der Waals surface area contributed by atoms with E-state index < -0.39 is 11.9 Å². The van der Waals surface area contributed by atoms with E-state index in [0.29, 0.717) is 25.3 Å². The molecule has 2 aliphatic rings. The van der Waals surface area contributed by atoms with Crippen LogP contribution in [0.15, 0.2) is 5.38 Å². The zero-order chi connectivity index (χ0) is 15.7. The lowest BCUT2D eigenvalue weighted by atomic mass is 9.72. The Morgan fingerprint density at radius 2 is 2.14 bits per heavy atom. The summed E-state index contributed by atoms with van der Waals surface area (Å²) in [7, 11) is 0. The average molecular weight is 322 g/mol. The molecule has 6 heteroatoms. The third-order valence-electron chi connectivity index (χ3n) is 4.92. The van der Waals surface area contributed by atoms with Gasteiger partial charge in [-0.15, -0.1) is 11.3 Å². The molecule has 1 saturated carbocycles. The fourth-order valence-corrected chi connectivity index (χ4v) is 4.41. The Kier molecular flexibility index (Phi) is 4.47. The predicted molar refractivity (Wildman–Crippen MR) is 83.9 cm³/mol. The molecule has 3 atom stereocenters. The van der Waals surface area contributed by atoms with Gasteiger partial charge >= 0.3 is 5.97 Å². The van der Waals surface area contributed by atoms with Crippen molar-refractivity contribution in [1.82, 2.24) is 9.88 Å². The molecule has 1 N–H and O–H groups in total. The second-order valence-electron chi connectivity index (χ2n) is 6.28. The van der Waals surface area contributed by atoms with Gasteiger partial charge in [0.25, 0.3) is 0 Å². The maximum atomic E-state index is 12.6. The van der Waals surface area contributed by atoms with Crippen molar-refractivity contribution in [3.8, 4) is 0 Å². The first kappa shape index (κ1) is 15.5. The van der Waals surface area contributed by atoms with Gasteiger partial charge in [-0.3, -0.25) is 9.59 Å². The first-order chi connectivity index (χ1) is 10.6. The minimum Gasteiger partial charge on any atom is -0.481 e. The number of carboxylic acids is 1. The molecule has 0 aromatic carbocycles. The summed E-state index contributed by atoms with van der Waals surface area (Å²) in [6.45, 7) is 3.54. The molecule has 22 heavy (non-hydrogen) atoms. The van der Waals surface area contributed by atoms with Gasteiger partial charge in [0.1, 0.15) is 0 Å². The summed E-state index contributed by atoms with van der Waals surface area (Å²) in [5.41, 5.74) is 1.12. The highest BCUT2D eigenvalue weighted by atomic mass is 32.1. The van der Waals surface area contributed by atoms with E-state index in [1.165, 1.54) is 0 Å². The molecule has 0 spiro atoms. The summed E-state index contributed by atoms with van der Waals surface area (Å²) in [6.07, 6.45) is 4.33. The van der Waals surface area contributed by atoms with Crippen LogP contribution in [0.4, 0.5) is 0 Å². The molecular formula is C16H22N2O3S. The van der Waals surface area contributed by atoms with Gasteiger partial charge in [-0.2, -0.15) is 0 Å². The van der Waals surface area contributed by atoms with E-state index in [1.54, 1.807) is 11.3 Å². The van der Waals surface area contributed by atoms with Crippen LogP contribution in [0, 0.1) is 11.8 Å². The highest BCUT2D eigenvalue weighted by molar-refractivity contribution is 7.09. The van der Waals surface area contributed by atoms with Crippen molar-refractivity contribution in [2.45, 2.75) is 44.9 Å².